The molecule has 1 N–H and O–H groups in total. The number of aromatic nitrogens is 1. The average molecular weight is 270 g/mol. The van der Waals surface area contributed by atoms with E-state index in [1.165, 1.54) is 5.56 Å². The Morgan fingerprint density at radius 2 is 1.85 bits per heavy atom. The molecule has 3 heteroatoms. The molecule has 0 aliphatic rings. The van der Waals surface area contributed by atoms with Gasteiger partial charge in [0.2, 0.25) is 0 Å². The molecular formula is C17H22N2O. The molecule has 1 heterocycles. The van der Waals surface area contributed by atoms with Gasteiger partial charge in [0.1, 0.15) is 11.9 Å². The summed E-state index contributed by atoms with van der Waals surface area (Å²) in [5, 5.41) is 3.41. The van der Waals surface area contributed by atoms with Crippen LogP contribution in [0.4, 0.5) is 0 Å². The van der Waals surface area contributed by atoms with Crippen molar-refractivity contribution in [1.29, 1.82) is 0 Å². The van der Waals surface area contributed by atoms with E-state index in [2.05, 4.69) is 43.2 Å². The predicted molar refractivity (Wildman–Crippen MR) is 81.7 cm³/mol. The molecule has 0 fully saturated rings. The Balaban J connectivity index is 2.09. The average Bonchev–Trinajstić information content (AvgIpc) is 2.47. The van der Waals surface area contributed by atoms with Crippen molar-refractivity contribution in [3.63, 3.8) is 0 Å². The number of rotatable bonds is 6. The van der Waals surface area contributed by atoms with Gasteiger partial charge in [-0.2, -0.15) is 0 Å². The van der Waals surface area contributed by atoms with Crippen molar-refractivity contribution in [1.82, 2.24) is 10.3 Å². The van der Waals surface area contributed by atoms with Crippen LogP contribution in [0.3, 0.4) is 0 Å². The molecule has 0 aliphatic heterocycles. The molecule has 106 valence electrons. The fourth-order valence-corrected chi connectivity index (χ4v) is 1.96. The largest absolute Gasteiger partial charge is 0.484 e. The van der Waals surface area contributed by atoms with Gasteiger partial charge in [-0.25, -0.2) is 0 Å². The van der Waals surface area contributed by atoms with Gasteiger partial charge in [0, 0.05) is 24.3 Å². The van der Waals surface area contributed by atoms with Crippen LogP contribution in [0.15, 0.2) is 48.8 Å². The maximum Gasteiger partial charge on any atom is 0.142 e. The highest BCUT2D eigenvalue weighted by Gasteiger charge is 2.10. The zero-order chi connectivity index (χ0) is 14.4. The van der Waals surface area contributed by atoms with Crippen LogP contribution in [0, 0.1) is 0 Å². The van der Waals surface area contributed by atoms with Crippen molar-refractivity contribution < 1.29 is 4.74 Å². The Kier molecular flexibility index (Phi) is 5.13. The molecule has 0 amide bonds. The third kappa shape index (κ3) is 4.07. The highest BCUT2D eigenvalue weighted by Crippen LogP contribution is 2.24. The second-order valence-corrected chi connectivity index (χ2v) is 5.19. The van der Waals surface area contributed by atoms with Crippen LogP contribution in [0.2, 0.25) is 0 Å². The first-order chi connectivity index (χ1) is 9.66. The molecule has 1 unspecified atom stereocenters. The predicted octanol–water partition coefficient (Wildman–Crippen LogP) is 3.72. The van der Waals surface area contributed by atoms with Crippen molar-refractivity contribution >= 4 is 0 Å². The van der Waals surface area contributed by atoms with Crippen molar-refractivity contribution in [2.45, 2.75) is 39.5 Å². The highest BCUT2D eigenvalue weighted by atomic mass is 16.5. The fourth-order valence-electron chi connectivity index (χ4n) is 1.96. The molecule has 1 aromatic carbocycles. The van der Waals surface area contributed by atoms with Crippen LogP contribution in [0.25, 0.3) is 0 Å². The smallest absolute Gasteiger partial charge is 0.142 e. The van der Waals surface area contributed by atoms with Crippen molar-refractivity contribution in [3.8, 4) is 5.75 Å². The number of nitrogens with one attached hydrogen (secondary N) is 1. The summed E-state index contributed by atoms with van der Waals surface area (Å²) in [5.41, 5.74) is 2.30. The van der Waals surface area contributed by atoms with E-state index in [9.17, 15) is 0 Å². The summed E-state index contributed by atoms with van der Waals surface area (Å²) in [6.07, 6.45) is 3.60. The van der Waals surface area contributed by atoms with Gasteiger partial charge in [0.05, 0.1) is 6.20 Å². The molecule has 1 atom stereocenters. The van der Waals surface area contributed by atoms with Crippen LogP contribution in [-0.4, -0.2) is 11.0 Å². The number of nitrogens with zero attached hydrogens (tertiary/aromatic N) is 1. The lowest BCUT2D eigenvalue weighted by molar-refractivity contribution is 0.223. The molecule has 0 saturated carbocycles. The summed E-state index contributed by atoms with van der Waals surface area (Å²) in [5.74, 6) is 0.844. The number of benzene rings is 1. The first-order valence-corrected chi connectivity index (χ1v) is 7.04. The molecule has 0 bridgehead atoms. The Labute approximate surface area is 121 Å². The van der Waals surface area contributed by atoms with Gasteiger partial charge in [-0.15, -0.1) is 0 Å². The summed E-state index contributed by atoms with van der Waals surface area (Å²) >= 11 is 0. The van der Waals surface area contributed by atoms with Crippen molar-refractivity contribution in [3.05, 3.63) is 59.9 Å². The second-order valence-electron chi connectivity index (χ2n) is 5.19. The van der Waals surface area contributed by atoms with Gasteiger partial charge in [0.15, 0.2) is 0 Å². The monoisotopic (exact) mass is 270 g/mol. The summed E-state index contributed by atoms with van der Waals surface area (Å²) < 4.78 is 6.06. The lowest BCUT2D eigenvalue weighted by atomic mass is 10.1. The van der Waals surface area contributed by atoms with Gasteiger partial charge >= 0.3 is 0 Å². The van der Waals surface area contributed by atoms with E-state index in [1.54, 1.807) is 12.4 Å². The standard InChI is InChI=1S/C17H22N2O/c1-13(2)19-11-16-9-10-18-12-17(16)20-14(3)15-7-5-4-6-8-15/h4-10,12-14,19H,11H2,1-3H3. The van der Waals surface area contributed by atoms with Crippen LogP contribution >= 0.6 is 0 Å². The van der Waals surface area contributed by atoms with Crippen LogP contribution in [0.5, 0.6) is 5.75 Å². The molecule has 2 rings (SSSR count). The Hall–Kier alpha value is -1.87. The topological polar surface area (TPSA) is 34.2 Å². The zero-order valence-corrected chi connectivity index (χ0v) is 12.3. The Morgan fingerprint density at radius 3 is 2.55 bits per heavy atom. The van der Waals surface area contributed by atoms with E-state index in [0.29, 0.717) is 6.04 Å². The minimum atomic E-state index is 0.0122. The van der Waals surface area contributed by atoms with E-state index in [0.717, 1.165) is 17.9 Å². The first-order valence-electron chi connectivity index (χ1n) is 7.04. The van der Waals surface area contributed by atoms with Crippen molar-refractivity contribution in [2.24, 2.45) is 0 Å². The van der Waals surface area contributed by atoms with Crippen molar-refractivity contribution in [2.75, 3.05) is 0 Å². The fraction of sp³-hybridized carbons (Fsp3) is 0.353. The Bertz CT molecular complexity index is 526. The van der Waals surface area contributed by atoms with Gasteiger partial charge in [-0.3, -0.25) is 4.98 Å². The lowest BCUT2D eigenvalue weighted by Crippen LogP contribution is -2.22. The molecule has 0 saturated heterocycles. The zero-order valence-electron chi connectivity index (χ0n) is 12.3. The minimum Gasteiger partial charge on any atom is -0.484 e. The molecule has 1 aromatic heterocycles. The molecule has 0 aliphatic carbocycles. The molecule has 20 heavy (non-hydrogen) atoms. The van der Waals surface area contributed by atoms with Gasteiger partial charge in [-0.1, -0.05) is 44.2 Å². The summed E-state index contributed by atoms with van der Waals surface area (Å²) in [6, 6.07) is 12.7. The molecular weight excluding hydrogens is 248 g/mol. The van der Waals surface area contributed by atoms with E-state index < -0.39 is 0 Å². The minimum absolute atomic E-state index is 0.0122. The van der Waals surface area contributed by atoms with Crippen LogP contribution < -0.4 is 10.1 Å². The maximum absolute atomic E-state index is 6.06. The normalized spacial score (nSPS) is 12.4. The van der Waals surface area contributed by atoms with Gasteiger partial charge in [0.25, 0.3) is 0 Å². The maximum atomic E-state index is 6.06. The summed E-state index contributed by atoms with van der Waals surface area (Å²) in [4.78, 5) is 4.17. The lowest BCUT2D eigenvalue weighted by Gasteiger charge is -2.18. The van der Waals surface area contributed by atoms with E-state index in [1.807, 2.05) is 24.3 Å². The molecule has 2 aromatic rings. The number of hydrogen-bond donors (Lipinski definition) is 1. The van der Waals surface area contributed by atoms with E-state index >= 15 is 0 Å². The summed E-state index contributed by atoms with van der Waals surface area (Å²) in [6.45, 7) is 7.11. The van der Waals surface area contributed by atoms with Gasteiger partial charge in [-0.05, 0) is 18.6 Å². The SMILES string of the molecule is CC(C)NCc1ccncc1OC(C)c1ccccc1. The van der Waals surface area contributed by atoms with E-state index in [-0.39, 0.29) is 6.10 Å². The molecule has 3 nitrogen and oxygen atoms in total. The van der Waals surface area contributed by atoms with Crippen LogP contribution in [0.1, 0.15) is 38.0 Å². The number of ether oxygens (including phenoxy) is 1. The third-order valence-electron chi connectivity index (χ3n) is 3.14. The van der Waals surface area contributed by atoms with E-state index in [4.69, 9.17) is 4.74 Å². The third-order valence-corrected chi connectivity index (χ3v) is 3.14. The summed E-state index contributed by atoms with van der Waals surface area (Å²) in [7, 11) is 0. The first kappa shape index (κ1) is 14.5. The highest BCUT2D eigenvalue weighted by molar-refractivity contribution is 5.31. The molecule has 0 spiro atoms. The van der Waals surface area contributed by atoms with Gasteiger partial charge < -0.3 is 10.1 Å². The number of pyridine rings is 1. The second kappa shape index (κ2) is 7.06. The van der Waals surface area contributed by atoms with Crippen LogP contribution in [-0.2, 0) is 6.54 Å². The number of hydrogen-bond acceptors (Lipinski definition) is 3. The molecule has 0 radical (unpaired) electrons. The quantitative estimate of drug-likeness (QED) is 0.868. The Morgan fingerprint density at radius 1 is 1.10 bits per heavy atom.